The highest BCUT2D eigenvalue weighted by atomic mass is 14.3. The second kappa shape index (κ2) is 35.4. The molecule has 0 aliphatic heterocycles. The van der Waals surface area contributed by atoms with Crippen molar-refractivity contribution in [3.8, 4) is 353 Å². The van der Waals surface area contributed by atoms with Crippen LogP contribution in [0.5, 0.6) is 0 Å². The minimum atomic E-state index is 0.527. The fourth-order valence-electron chi connectivity index (χ4n) is 18.0. The summed E-state index contributed by atoms with van der Waals surface area (Å²) >= 11 is 0. The Balaban J connectivity index is 0.996. The average molecular weight is 1630 g/mol. The van der Waals surface area contributed by atoms with Crippen molar-refractivity contribution < 1.29 is 0 Å². The van der Waals surface area contributed by atoms with Gasteiger partial charge in [0.05, 0.1) is 0 Å². The van der Waals surface area contributed by atoms with Gasteiger partial charge in [-0.05, 0) is 311 Å². The predicted molar refractivity (Wildman–Crippen MR) is 545 cm³/mol. The maximum absolute atomic E-state index is 6.53. The van der Waals surface area contributed by atoms with E-state index in [0.29, 0.717) is 100 Å². The zero-order valence-corrected chi connectivity index (χ0v) is 70.1. The predicted octanol–water partition coefficient (Wildman–Crippen LogP) is 27.0. The van der Waals surface area contributed by atoms with E-state index in [0.717, 1.165) is 166 Å². The van der Waals surface area contributed by atoms with Gasteiger partial charge in [0.2, 0.25) is 0 Å². The normalized spacial score (nSPS) is 10.3. The van der Waals surface area contributed by atoms with E-state index in [-0.39, 0.29) is 0 Å². The molecule has 0 saturated heterocycles. The van der Waals surface area contributed by atoms with Gasteiger partial charge in [-0.3, -0.25) is 0 Å². The van der Waals surface area contributed by atoms with Crippen molar-refractivity contribution in [3.63, 3.8) is 0 Å². The molecule has 0 nitrogen and oxygen atoms in total. The molecule has 0 heterocycles. The van der Waals surface area contributed by atoms with Crippen molar-refractivity contribution in [2.24, 2.45) is 0 Å². The Morgan fingerprint density at radius 1 is 0.115 bits per heavy atom. The topological polar surface area (TPSA) is 0 Å². The third-order valence-electron chi connectivity index (χ3n) is 23.9. The Hall–Kier alpha value is -19.8. The summed E-state index contributed by atoms with van der Waals surface area (Å²) in [6, 6.07) is 102. The van der Waals surface area contributed by atoms with Gasteiger partial charge < -0.3 is 0 Å². The lowest BCUT2D eigenvalue weighted by Crippen LogP contribution is -1.97. The summed E-state index contributed by atoms with van der Waals surface area (Å²) in [6.07, 6.45) is 102. The van der Waals surface area contributed by atoms with Crippen LogP contribution in [-0.4, -0.2) is 0 Å². The lowest BCUT2D eigenvalue weighted by molar-refractivity contribution is 1.50. The Kier molecular flexibility index (Phi) is 22.4. The first kappa shape index (κ1) is 82.5. The molecule has 0 N–H and O–H groups in total. The van der Waals surface area contributed by atoms with Crippen LogP contribution >= 0.6 is 0 Å². The van der Waals surface area contributed by atoms with Gasteiger partial charge in [-0.2, -0.15) is 0 Å². The molecule has 0 aliphatic carbocycles. The van der Waals surface area contributed by atoms with E-state index in [4.69, 9.17) is 103 Å². The number of terminal acetylenes is 16. The fourth-order valence-corrected chi connectivity index (χ4v) is 18.0. The Labute approximate surface area is 761 Å². The molecule has 0 fully saturated rings. The molecule has 0 radical (unpaired) electrons. The minimum Gasteiger partial charge on any atom is -0.115 e. The van der Waals surface area contributed by atoms with Gasteiger partial charge in [-0.1, -0.05) is 265 Å². The number of hydrogen-bond donors (Lipinski definition) is 0. The highest BCUT2D eigenvalue weighted by Crippen LogP contribution is 2.51. The van der Waals surface area contributed by atoms with E-state index in [2.05, 4.69) is 252 Å². The van der Waals surface area contributed by atoms with Crippen molar-refractivity contribution in [2.75, 3.05) is 0 Å². The molecule has 17 aromatic carbocycles. The number of hydrogen-bond acceptors (Lipinski definition) is 0. The minimum absolute atomic E-state index is 0.527. The molecule has 586 valence electrons. The second-order valence-electron chi connectivity index (χ2n) is 30.7. The number of benzene rings is 17. The highest BCUT2D eigenvalue weighted by Gasteiger charge is 2.27. The van der Waals surface area contributed by atoms with Gasteiger partial charge in [0.15, 0.2) is 0 Å². The van der Waals surface area contributed by atoms with Crippen molar-refractivity contribution in [1.29, 1.82) is 0 Å². The molecule has 0 heteroatoms. The SMILES string of the molecule is C#Cc1cccc(-c2cc(-c3cc(-c4cc(-c5cccc(C#C)c5C#C)cc(-c5cccc(C#C)c5C#C)c4)cc(-c4c5ccccc5c(-c5cc(-c6ccc(-c7cccc(C#C)c7C#C)c(-c7cccc(C#C)c7C#C)c6)cc(-c6ccc(-c7cccc(C#C)c7C#C)c(-c7cccc(C#C)c7C#C)c6)c5)c5ccccc45)c3)cc(-c3cccc(C#C)c3C#C)c2)c1C#C. The van der Waals surface area contributed by atoms with Gasteiger partial charge in [0.25, 0.3) is 0 Å². The molecule has 0 saturated carbocycles. The van der Waals surface area contributed by atoms with Crippen LogP contribution in [0.3, 0.4) is 0 Å². The van der Waals surface area contributed by atoms with Gasteiger partial charge in [0, 0.05) is 89.0 Å². The Morgan fingerprint density at radius 2 is 0.292 bits per heavy atom. The summed E-state index contributed by atoms with van der Waals surface area (Å²) in [5.41, 5.74) is 30.7. The van der Waals surface area contributed by atoms with Crippen LogP contribution < -0.4 is 0 Å². The van der Waals surface area contributed by atoms with Crippen LogP contribution in [-0.2, 0) is 0 Å². The van der Waals surface area contributed by atoms with Crippen LogP contribution in [0.25, 0.3) is 177 Å². The molecular weight excluding hydrogens is 1560 g/mol. The van der Waals surface area contributed by atoms with Crippen molar-refractivity contribution in [1.82, 2.24) is 0 Å². The van der Waals surface area contributed by atoms with Gasteiger partial charge in [0.1, 0.15) is 0 Å². The van der Waals surface area contributed by atoms with Gasteiger partial charge in [-0.25, -0.2) is 0 Å². The molecule has 0 unspecified atom stereocenters. The van der Waals surface area contributed by atoms with E-state index < -0.39 is 0 Å². The van der Waals surface area contributed by atoms with Crippen LogP contribution in [0.15, 0.2) is 303 Å². The van der Waals surface area contributed by atoms with Gasteiger partial charge in [-0.15, -0.1) is 103 Å². The molecule has 17 rings (SSSR count). The van der Waals surface area contributed by atoms with Gasteiger partial charge >= 0.3 is 0 Å². The third-order valence-corrected chi connectivity index (χ3v) is 23.9. The molecule has 0 spiro atoms. The summed E-state index contributed by atoms with van der Waals surface area (Å²) in [7, 11) is 0. The van der Waals surface area contributed by atoms with E-state index in [9.17, 15) is 0 Å². The molecule has 0 bridgehead atoms. The summed E-state index contributed by atoms with van der Waals surface area (Å²) in [5.74, 6) is 46.2. The van der Waals surface area contributed by atoms with Crippen molar-refractivity contribution in [3.05, 3.63) is 392 Å². The van der Waals surface area contributed by atoms with Crippen molar-refractivity contribution in [2.45, 2.75) is 0 Å². The van der Waals surface area contributed by atoms with Crippen LogP contribution in [0.1, 0.15) is 89.0 Å². The van der Waals surface area contributed by atoms with E-state index in [1.807, 2.05) is 146 Å². The summed E-state index contributed by atoms with van der Waals surface area (Å²) in [6.45, 7) is 0. The third kappa shape index (κ3) is 14.6. The fraction of sp³-hybridized carbons (Fsp3) is 0. The monoisotopic (exact) mass is 1630 g/mol. The van der Waals surface area contributed by atoms with Crippen molar-refractivity contribution >= 4 is 21.5 Å². The maximum atomic E-state index is 6.53. The van der Waals surface area contributed by atoms with E-state index in [1.165, 1.54) is 0 Å². The number of rotatable bonds is 14. The zero-order valence-electron chi connectivity index (χ0n) is 70.1. The Morgan fingerprint density at radius 3 is 0.508 bits per heavy atom. The van der Waals surface area contributed by atoms with Crippen LogP contribution in [0, 0.1) is 198 Å². The van der Waals surface area contributed by atoms with Crippen LogP contribution in [0.2, 0.25) is 0 Å². The smallest absolute Gasteiger partial charge is 0.0477 e. The highest BCUT2D eigenvalue weighted by molar-refractivity contribution is 6.22. The zero-order chi connectivity index (χ0) is 90.4. The first-order valence-corrected chi connectivity index (χ1v) is 41.1. The summed E-state index contributed by atoms with van der Waals surface area (Å²) in [5, 5.41) is 3.67. The quantitative estimate of drug-likeness (QED) is 0.0752. The van der Waals surface area contributed by atoms with E-state index in [1.54, 1.807) is 0 Å². The first-order valence-electron chi connectivity index (χ1n) is 41.1. The second-order valence-corrected chi connectivity index (χ2v) is 30.7. The lowest BCUT2D eigenvalue weighted by Gasteiger charge is -2.22. The molecule has 0 atom stereocenters. The maximum Gasteiger partial charge on any atom is 0.0477 e. The largest absolute Gasteiger partial charge is 0.115 e. The molecule has 0 aliphatic rings. The summed E-state index contributed by atoms with van der Waals surface area (Å²) < 4.78 is 0. The Bertz CT molecular complexity index is 7920. The molecule has 0 amide bonds. The lowest BCUT2D eigenvalue weighted by atomic mass is 9.81. The molecule has 0 aromatic heterocycles. The van der Waals surface area contributed by atoms with Crippen LogP contribution in [0.4, 0.5) is 0 Å². The first-order chi connectivity index (χ1) is 63.7. The van der Waals surface area contributed by atoms with E-state index >= 15 is 0 Å². The number of fused-ring (bicyclic) bond motifs is 2. The molecule has 130 heavy (non-hydrogen) atoms. The summed E-state index contributed by atoms with van der Waals surface area (Å²) in [4.78, 5) is 0. The molecular formula is C130H66. The average Bonchev–Trinajstić information content (AvgIpc) is 0.725. The molecule has 17 aromatic rings. The standard InChI is InChI=1S/C130H66/c1-17-83-45-37-57-113(105(83)25-9)99-71-97(72-100(79-99)114-58-38-46-84(18-2)106(114)26-10)95-70-96(98-73-101(115-59-39-47-85(19-3)107(115)27-11)80-102(74-98)116-60-40-48-86(20-4)108(116)28-12)78-104(77-95)130-125-55-35-33-53-123(125)129(124-54-34-36-56-126(124)130)103-75-93(91-65-67-121(117-61-41-49-87(21-5)109(117)29-13)127(81-91)119-63-43-51-89(23-7)111(119)31-15)69-94(76-103)92-66-68-122(118-62-42-50-88(22-6)110(118)30-14)128(82-92)120-64-44-52-90(24-8)112(120)32-16/h1-16,33-82H.